The fourth-order valence-corrected chi connectivity index (χ4v) is 4.32. The van der Waals surface area contributed by atoms with E-state index in [1.54, 1.807) is 0 Å². The zero-order valence-corrected chi connectivity index (χ0v) is 12.5. The monoisotopic (exact) mass is 267 g/mol. The molecule has 1 N–H and O–H groups in total. The van der Waals surface area contributed by atoms with E-state index in [4.69, 9.17) is 0 Å². The zero-order valence-electron chi connectivity index (χ0n) is 12.5. The van der Waals surface area contributed by atoms with Crippen molar-refractivity contribution in [2.75, 3.05) is 6.54 Å². The van der Waals surface area contributed by atoms with Gasteiger partial charge in [0.2, 0.25) is 0 Å². The number of likely N-dealkylation sites (tertiary alicyclic amines) is 1. The van der Waals surface area contributed by atoms with Gasteiger partial charge in [-0.1, -0.05) is 26.7 Å². The number of hydrogen-bond donors (Lipinski definition) is 1. The Bertz CT molecular complexity index is 310. The molecule has 1 saturated carbocycles. The molecule has 19 heavy (non-hydrogen) atoms. The van der Waals surface area contributed by atoms with Crippen LogP contribution in [-0.2, 0) is 4.79 Å². The van der Waals surface area contributed by atoms with Crippen molar-refractivity contribution in [1.29, 1.82) is 0 Å². The topological polar surface area (TPSA) is 40.5 Å². The Balaban J connectivity index is 2.07. The number of carboxylic acid groups (broad SMARTS) is 1. The Hall–Kier alpha value is -0.570. The van der Waals surface area contributed by atoms with Gasteiger partial charge in [0.25, 0.3) is 0 Å². The molecule has 2 aliphatic rings. The van der Waals surface area contributed by atoms with Crippen LogP contribution in [0.1, 0.15) is 71.6 Å². The lowest BCUT2D eigenvalue weighted by molar-refractivity contribution is -0.152. The van der Waals surface area contributed by atoms with Gasteiger partial charge in [-0.15, -0.1) is 0 Å². The third kappa shape index (κ3) is 2.81. The van der Waals surface area contributed by atoms with E-state index in [1.165, 1.54) is 32.1 Å². The van der Waals surface area contributed by atoms with Crippen molar-refractivity contribution in [2.24, 2.45) is 5.92 Å². The first-order valence-electron chi connectivity index (χ1n) is 8.14. The Labute approximate surface area is 117 Å². The molecule has 3 nitrogen and oxygen atoms in total. The maximum atomic E-state index is 11.8. The summed E-state index contributed by atoms with van der Waals surface area (Å²) < 4.78 is 0. The van der Waals surface area contributed by atoms with E-state index in [1.807, 2.05) is 0 Å². The van der Waals surface area contributed by atoms with Crippen LogP contribution in [0.4, 0.5) is 0 Å². The highest BCUT2D eigenvalue weighted by atomic mass is 16.4. The third-order valence-corrected chi connectivity index (χ3v) is 5.44. The smallest absolute Gasteiger partial charge is 0.324 e. The van der Waals surface area contributed by atoms with Gasteiger partial charge in [-0.3, -0.25) is 9.69 Å². The van der Waals surface area contributed by atoms with E-state index >= 15 is 0 Å². The van der Waals surface area contributed by atoms with E-state index in [0.29, 0.717) is 6.04 Å². The fourth-order valence-electron chi connectivity index (χ4n) is 4.32. The molecule has 0 radical (unpaired) electrons. The molecular weight excluding hydrogens is 238 g/mol. The van der Waals surface area contributed by atoms with Gasteiger partial charge in [0.15, 0.2) is 0 Å². The largest absolute Gasteiger partial charge is 0.480 e. The van der Waals surface area contributed by atoms with Gasteiger partial charge in [0.1, 0.15) is 5.54 Å². The predicted molar refractivity (Wildman–Crippen MR) is 77.3 cm³/mol. The van der Waals surface area contributed by atoms with E-state index < -0.39 is 11.5 Å². The van der Waals surface area contributed by atoms with Crippen molar-refractivity contribution in [1.82, 2.24) is 4.90 Å². The van der Waals surface area contributed by atoms with Crippen molar-refractivity contribution < 1.29 is 9.90 Å². The average molecular weight is 267 g/mol. The molecule has 0 amide bonds. The highest BCUT2D eigenvalue weighted by Gasteiger charge is 2.49. The van der Waals surface area contributed by atoms with E-state index in [0.717, 1.165) is 38.1 Å². The Kier molecular flexibility index (Phi) is 4.88. The van der Waals surface area contributed by atoms with Crippen LogP contribution in [0.25, 0.3) is 0 Å². The molecule has 0 bridgehead atoms. The van der Waals surface area contributed by atoms with Crippen LogP contribution in [0.15, 0.2) is 0 Å². The molecule has 0 spiro atoms. The molecule has 1 aliphatic heterocycles. The van der Waals surface area contributed by atoms with Crippen LogP contribution < -0.4 is 0 Å². The molecule has 1 atom stereocenters. The minimum Gasteiger partial charge on any atom is -0.480 e. The molecule has 1 aliphatic carbocycles. The molecule has 1 saturated heterocycles. The summed E-state index contributed by atoms with van der Waals surface area (Å²) in [6, 6.07) is 0.521. The molecule has 2 fully saturated rings. The number of rotatable bonds is 5. The first kappa shape index (κ1) is 14.8. The van der Waals surface area contributed by atoms with Crippen LogP contribution in [0.5, 0.6) is 0 Å². The summed E-state index contributed by atoms with van der Waals surface area (Å²) in [4.78, 5) is 14.2. The first-order chi connectivity index (χ1) is 9.14. The quantitative estimate of drug-likeness (QED) is 0.826. The number of carboxylic acids is 1. The van der Waals surface area contributed by atoms with Gasteiger partial charge in [0, 0.05) is 6.04 Å². The number of hydrogen-bond acceptors (Lipinski definition) is 2. The second kappa shape index (κ2) is 6.25. The zero-order chi connectivity index (χ0) is 13.9. The Morgan fingerprint density at radius 1 is 1.26 bits per heavy atom. The number of nitrogens with zero attached hydrogens (tertiary/aromatic N) is 1. The summed E-state index contributed by atoms with van der Waals surface area (Å²) in [5, 5.41) is 9.75. The summed E-state index contributed by atoms with van der Waals surface area (Å²) in [6.07, 6.45) is 9.96. The molecule has 1 heterocycles. The highest BCUT2D eigenvalue weighted by Crippen LogP contribution is 2.40. The third-order valence-electron chi connectivity index (χ3n) is 5.44. The second-order valence-electron chi connectivity index (χ2n) is 6.47. The lowest BCUT2D eigenvalue weighted by Crippen LogP contribution is -2.55. The summed E-state index contributed by atoms with van der Waals surface area (Å²) in [6.45, 7) is 5.38. The molecule has 0 aromatic rings. The maximum Gasteiger partial charge on any atom is 0.324 e. The summed E-state index contributed by atoms with van der Waals surface area (Å²) in [5.74, 6) is 0.300. The molecular formula is C16H29NO2. The van der Waals surface area contributed by atoms with Crippen LogP contribution in [0.3, 0.4) is 0 Å². The predicted octanol–water partition coefficient (Wildman–Crippen LogP) is 3.67. The van der Waals surface area contributed by atoms with Crippen molar-refractivity contribution >= 4 is 5.97 Å². The van der Waals surface area contributed by atoms with Crippen molar-refractivity contribution in [2.45, 2.75) is 83.2 Å². The van der Waals surface area contributed by atoms with Crippen molar-refractivity contribution in [3.8, 4) is 0 Å². The normalized spacial score (nSPS) is 36.5. The van der Waals surface area contributed by atoms with Crippen LogP contribution in [0, 0.1) is 5.92 Å². The standard InChI is InChI=1S/C16H29NO2/c1-3-10-16(15(18)19)11-5-12-17(16)14-8-6-13(4-2)7-9-14/h13-14H,3-12H2,1-2H3,(H,18,19). The Morgan fingerprint density at radius 2 is 1.95 bits per heavy atom. The van der Waals surface area contributed by atoms with Crippen LogP contribution >= 0.6 is 0 Å². The highest BCUT2D eigenvalue weighted by molar-refractivity contribution is 5.79. The molecule has 3 heteroatoms. The van der Waals surface area contributed by atoms with Gasteiger partial charge in [-0.25, -0.2) is 0 Å². The van der Waals surface area contributed by atoms with E-state index in [2.05, 4.69) is 18.7 Å². The molecule has 1 unspecified atom stereocenters. The summed E-state index contributed by atoms with van der Waals surface area (Å²) in [7, 11) is 0. The summed E-state index contributed by atoms with van der Waals surface area (Å²) in [5.41, 5.74) is -0.543. The molecule has 2 rings (SSSR count). The van der Waals surface area contributed by atoms with Gasteiger partial charge >= 0.3 is 5.97 Å². The second-order valence-corrected chi connectivity index (χ2v) is 6.47. The van der Waals surface area contributed by atoms with E-state index in [-0.39, 0.29) is 0 Å². The van der Waals surface area contributed by atoms with Crippen LogP contribution in [0.2, 0.25) is 0 Å². The van der Waals surface area contributed by atoms with Gasteiger partial charge in [0.05, 0.1) is 0 Å². The molecule has 110 valence electrons. The van der Waals surface area contributed by atoms with Gasteiger partial charge in [-0.2, -0.15) is 0 Å². The SMILES string of the molecule is CCCC1(C(=O)O)CCCN1C1CCC(CC)CC1. The lowest BCUT2D eigenvalue weighted by Gasteiger charge is -2.43. The molecule has 0 aromatic heterocycles. The van der Waals surface area contributed by atoms with Gasteiger partial charge in [-0.05, 0) is 57.4 Å². The van der Waals surface area contributed by atoms with Crippen molar-refractivity contribution in [3.05, 3.63) is 0 Å². The number of aliphatic carboxylic acids is 1. The van der Waals surface area contributed by atoms with Crippen LogP contribution in [-0.4, -0.2) is 34.1 Å². The average Bonchev–Trinajstić information content (AvgIpc) is 2.84. The Morgan fingerprint density at radius 3 is 2.47 bits per heavy atom. The first-order valence-corrected chi connectivity index (χ1v) is 8.14. The minimum atomic E-state index is -0.579. The summed E-state index contributed by atoms with van der Waals surface area (Å²) >= 11 is 0. The van der Waals surface area contributed by atoms with Gasteiger partial charge < -0.3 is 5.11 Å². The van der Waals surface area contributed by atoms with E-state index in [9.17, 15) is 9.90 Å². The molecule has 0 aromatic carbocycles. The number of carbonyl (C=O) groups is 1. The maximum absolute atomic E-state index is 11.8. The minimum absolute atomic E-state index is 0.521. The van der Waals surface area contributed by atoms with Crippen molar-refractivity contribution in [3.63, 3.8) is 0 Å². The fraction of sp³-hybridized carbons (Fsp3) is 0.938. The lowest BCUT2D eigenvalue weighted by atomic mass is 9.81.